The first-order valence-corrected chi connectivity index (χ1v) is 10.3. The van der Waals surface area contributed by atoms with Gasteiger partial charge in [0.2, 0.25) is 11.8 Å². The van der Waals surface area contributed by atoms with Gasteiger partial charge in [0, 0.05) is 17.7 Å². The highest BCUT2D eigenvalue weighted by Crippen LogP contribution is 2.34. The molecule has 1 fully saturated rings. The summed E-state index contributed by atoms with van der Waals surface area (Å²) in [5, 5.41) is 11.4. The van der Waals surface area contributed by atoms with Crippen LogP contribution >= 0.6 is 11.8 Å². The fourth-order valence-corrected chi connectivity index (χ4v) is 4.23. The molecule has 26 heavy (non-hydrogen) atoms. The minimum atomic E-state index is -0.164. The van der Waals surface area contributed by atoms with E-state index < -0.39 is 0 Å². The van der Waals surface area contributed by atoms with E-state index in [-0.39, 0.29) is 23.6 Å². The minimum Gasteiger partial charge on any atom is -0.408 e. The maximum absolute atomic E-state index is 12.2. The van der Waals surface area contributed by atoms with Crippen LogP contribution in [-0.4, -0.2) is 31.4 Å². The van der Waals surface area contributed by atoms with Crippen LogP contribution in [-0.2, 0) is 4.79 Å². The molecule has 142 valence electrons. The third-order valence-corrected chi connectivity index (χ3v) is 5.76. The minimum absolute atomic E-state index is 0.136. The molecule has 2 aromatic heterocycles. The van der Waals surface area contributed by atoms with Crippen molar-refractivity contribution >= 4 is 23.7 Å². The first kappa shape index (κ1) is 18.9. The second-order valence-corrected chi connectivity index (χ2v) is 8.11. The summed E-state index contributed by atoms with van der Waals surface area (Å²) in [5.74, 6) is 0.757. The molecule has 0 aliphatic heterocycles. The molecule has 0 bridgehead atoms. The Bertz CT molecular complexity index is 762. The SMILES string of the molecule is Cc1nc(SCC(=O)Nc2nnc(C(C)C)o2)n(C2CCCCC2)c1C. The monoisotopic (exact) mass is 377 g/mol. The van der Waals surface area contributed by atoms with E-state index in [9.17, 15) is 4.79 Å². The van der Waals surface area contributed by atoms with Gasteiger partial charge in [0.15, 0.2) is 5.16 Å². The standard InChI is InChI=1S/C18H27N5O2S/c1-11(2)16-21-22-17(25-16)20-15(24)10-26-18-19-12(3)13(4)23(18)14-8-6-5-7-9-14/h11,14H,5-10H2,1-4H3,(H,20,22,24). The number of aromatic nitrogens is 4. The summed E-state index contributed by atoms with van der Waals surface area (Å²) in [5.41, 5.74) is 2.25. The van der Waals surface area contributed by atoms with E-state index in [4.69, 9.17) is 4.42 Å². The number of anilines is 1. The van der Waals surface area contributed by atoms with Gasteiger partial charge in [0.1, 0.15) is 0 Å². The van der Waals surface area contributed by atoms with Gasteiger partial charge in [0.05, 0.1) is 11.4 Å². The number of amides is 1. The zero-order valence-corrected chi connectivity index (χ0v) is 16.7. The van der Waals surface area contributed by atoms with Gasteiger partial charge in [-0.05, 0) is 26.7 Å². The maximum Gasteiger partial charge on any atom is 0.322 e. The molecule has 0 radical (unpaired) electrons. The van der Waals surface area contributed by atoms with Crippen LogP contribution in [0.5, 0.6) is 0 Å². The van der Waals surface area contributed by atoms with Crippen molar-refractivity contribution < 1.29 is 9.21 Å². The molecule has 1 N–H and O–H groups in total. The van der Waals surface area contributed by atoms with Gasteiger partial charge in [-0.15, -0.1) is 5.10 Å². The number of hydrogen-bond donors (Lipinski definition) is 1. The maximum atomic E-state index is 12.2. The number of carbonyl (C=O) groups excluding carboxylic acids is 1. The fourth-order valence-electron chi connectivity index (χ4n) is 3.27. The molecule has 0 saturated heterocycles. The predicted octanol–water partition coefficient (Wildman–Crippen LogP) is 4.24. The number of aryl methyl sites for hydroxylation is 1. The number of thioether (sulfide) groups is 1. The lowest BCUT2D eigenvalue weighted by atomic mass is 9.95. The summed E-state index contributed by atoms with van der Waals surface area (Å²) in [6.45, 7) is 8.08. The third-order valence-electron chi connectivity index (χ3n) is 4.81. The number of rotatable bonds is 6. The van der Waals surface area contributed by atoms with Gasteiger partial charge in [-0.2, -0.15) is 0 Å². The Kier molecular flexibility index (Phi) is 6.01. The van der Waals surface area contributed by atoms with Gasteiger partial charge in [-0.25, -0.2) is 4.98 Å². The number of hydrogen-bond acceptors (Lipinski definition) is 6. The van der Waals surface area contributed by atoms with Crippen molar-refractivity contribution in [1.82, 2.24) is 19.7 Å². The first-order chi connectivity index (χ1) is 12.5. The molecule has 2 heterocycles. The summed E-state index contributed by atoms with van der Waals surface area (Å²) in [6.07, 6.45) is 6.23. The Morgan fingerprint density at radius 2 is 2.00 bits per heavy atom. The molecule has 3 rings (SSSR count). The van der Waals surface area contributed by atoms with E-state index in [1.54, 1.807) is 0 Å². The van der Waals surface area contributed by atoms with E-state index in [1.807, 2.05) is 20.8 Å². The number of nitrogens with zero attached hydrogens (tertiary/aromatic N) is 4. The van der Waals surface area contributed by atoms with E-state index in [2.05, 4.69) is 32.0 Å². The highest BCUT2D eigenvalue weighted by Gasteiger charge is 2.22. The summed E-state index contributed by atoms with van der Waals surface area (Å²) < 4.78 is 7.76. The lowest BCUT2D eigenvalue weighted by Crippen LogP contribution is -2.17. The second-order valence-electron chi connectivity index (χ2n) is 7.16. The van der Waals surface area contributed by atoms with Crippen LogP contribution < -0.4 is 5.32 Å². The third kappa shape index (κ3) is 4.28. The fraction of sp³-hybridized carbons (Fsp3) is 0.667. The molecule has 8 heteroatoms. The average molecular weight is 378 g/mol. The molecule has 7 nitrogen and oxygen atoms in total. The van der Waals surface area contributed by atoms with E-state index in [1.165, 1.54) is 49.6 Å². The largest absolute Gasteiger partial charge is 0.408 e. The van der Waals surface area contributed by atoms with Gasteiger partial charge in [0.25, 0.3) is 0 Å². The summed E-state index contributed by atoms with van der Waals surface area (Å²) in [7, 11) is 0. The van der Waals surface area contributed by atoms with Crippen LogP contribution in [0, 0.1) is 13.8 Å². The predicted molar refractivity (Wildman–Crippen MR) is 102 cm³/mol. The van der Waals surface area contributed by atoms with Crippen LogP contribution in [0.3, 0.4) is 0 Å². The Morgan fingerprint density at radius 3 is 2.65 bits per heavy atom. The van der Waals surface area contributed by atoms with Crippen molar-refractivity contribution in [1.29, 1.82) is 0 Å². The molecule has 0 aromatic carbocycles. The molecule has 2 aromatic rings. The van der Waals surface area contributed by atoms with Gasteiger partial charge in [-0.1, -0.05) is 50.0 Å². The van der Waals surface area contributed by atoms with Crippen molar-refractivity contribution in [3.05, 3.63) is 17.3 Å². The van der Waals surface area contributed by atoms with Gasteiger partial charge in [-0.3, -0.25) is 10.1 Å². The highest BCUT2D eigenvalue weighted by atomic mass is 32.2. The Balaban J connectivity index is 1.63. The molecule has 1 saturated carbocycles. The summed E-state index contributed by atoms with van der Waals surface area (Å²) in [4.78, 5) is 16.9. The van der Waals surface area contributed by atoms with Gasteiger partial charge < -0.3 is 8.98 Å². The molecule has 1 aliphatic carbocycles. The normalized spacial score (nSPS) is 15.6. The lowest BCUT2D eigenvalue weighted by Gasteiger charge is -2.25. The Hall–Kier alpha value is -1.83. The van der Waals surface area contributed by atoms with Crippen molar-refractivity contribution in [2.45, 2.75) is 76.9 Å². The Morgan fingerprint density at radius 1 is 1.27 bits per heavy atom. The van der Waals surface area contributed by atoms with E-state index in [0.717, 1.165) is 10.9 Å². The quantitative estimate of drug-likeness (QED) is 0.758. The van der Waals surface area contributed by atoms with Crippen LogP contribution in [0.15, 0.2) is 9.57 Å². The first-order valence-electron chi connectivity index (χ1n) is 9.27. The number of carbonyl (C=O) groups is 1. The van der Waals surface area contributed by atoms with Crippen LogP contribution in [0.4, 0.5) is 6.01 Å². The average Bonchev–Trinajstić information content (AvgIpc) is 3.19. The molecular formula is C18H27N5O2S. The molecule has 1 aliphatic rings. The molecular weight excluding hydrogens is 350 g/mol. The zero-order valence-electron chi connectivity index (χ0n) is 15.9. The summed E-state index contributed by atoms with van der Waals surface area (Å²) >= 11 is 1.47. The van der Waals surface area contributed by atoms with Crippen molar-refractivity contribution in [2.75, 3.05) is 11.1 Å². The van der Waals surface area contributed by atoms with E-state index in [0.29, 0.717) is 11.9 Å². The molecule has 1 amide bonds. The molecule has 0 atom stereocenters. The van der Waals surface area contributed by atoms with Crippen LogP contribution in [0.1, 0.15) is 75.2 Å². The zero-order chi connectivity index (χ0) is 18.7. The number of nitrogens with one attached hydrogen (secondary N) is 1. The summed E-state index contributed by atoms with van der Waals surface area (Å²) in [6, 6.07) is 0.655. The van der Waals surface area contributed by atoms with Crippen molar-refractivity contribution in [3.8, 4) is 0 Å². The lowest BCUT2D eigenvalue weighted by molar-refractivity contribution is -0.113. The smallest absolute Gasteiger partial charge is 0.322 e. The van der Waals surface area contributed by atoms with Crippen LogP contribution in [0.25, 0.3) is 0 Å². The van der Waals surface area contributed by atoms with Crippen molar-refractivity contribution in [2.24, 2.45) is 0 Å². The van der Waals surface area contributed by atoms with Crippen LogP contribution in [0.2, 0.25) is 0 Å². The van der Waals surface area contributed by atoms with Gasteiger partial charge >= 0.3 is 6.01 Å². The Labute approximate surface area is 158 Å². The molecule has 0 unspecified atom stereocenters. The topological polar surface area (TPSA) is 85.8 Å². The van der Waals surface area contributed by atoms with E-state index >= 15 is 0 Å². The second kappa shape index (κ2) is 8.24. The highest BCUT2D eigenvalue weighted by molar-refractivity contribution is 7.99. The molecule has 0 spiro atoms. The van der Waals surface area contributed by atoms with Crippen molar-refractivity contribution in [3.63, 3.8) is 0 Å². The number of imidazole rings is 1.